The third kappa shape index (κ3) is 3.08. The zero-order valence-electron chi connectivity index (χ0n) is 8.91. The Balaban J connectivity index is 2.04. The van der Waals surface area contributed by atoms with E-state index in [1.165, 1.54) is 6.07 Å². The summed E-state index contributed by atoms with van der Waals surface area (Å²) in [5, 5.41) is 11.8. The van der Waals surface area contributed by atoms with Crippen molar-refractivity contribution in [3.05, 3.63) is 52.1 Å². The van der Waals surface area contributed by atoms with Crippen molar-refractivity contribution in [1.82, 2.24) is 0 Å². The van der Waals surface area contributed by atoms with E-state index in [1.807, 2.05) is 0 Å². The quantitative estimate of drug-likeness (QED) is 0.911. The Bertz CT molecular complexity index is 513. The average molecular weight is 300 g/mol. The third-order valence-electron chi connectivity index (χ3n) is 2.25. The summed E-state index contributed by atoms with van der Waals surface area (Å²) >= 11 is 3.27. The summed E-state index contributed by atoms with van der Waals surface area (Å²) in [6.45, 7) is 0.235. The van der Waals surface area contributed by atoms with Gasteiger partial charge in [0.05, 0.1) is 12.2 Å². The van der Waals surface area contributed by atoms with E-state index in [4.69, 9.17) is 9.52 Å². The van der Waals surface area contributed by atoms with Crippen LogP contribution in [0.15, 0.2) is 39.2 Å². The molecule has 2 N–H and O–H groups in total. The number of halogens is 2. The van der Waals surface area contributed by atoms with Gasteiger partial charge >= 0.3 is 0 Å². The predicted octanol–water partition coefficient (Wildman–Crippen LogP) is 3.29. The van der Waals surface area contributed by atoms with E-state index < -0.39 is 0 Å². The molecule has 0 spiro atoms. The highest BCUT2D eigenvalue weighted by atomic mass is 79.9. The molecule has 0 atom stereocenters. The minimum Gasteiger partial charge on any atom is -0.462 e. The predicted molar refractivity (Wildman–Crippen MR) is 66.1 cm³/mol. The lowest BCUT2D eigenvalue weighted by molar-refractivity contribution is 0.244. The summed E-state index contributed by atoms with van der Waals surface area (Å²) in [6.07, 6.45) is 0. The van der Waals surface area contributed by atoms with Gasteiger partial charge in [0, 0.05) is 4.47 Å². The number of nitrogens with one attached hydrogen (secondary N) is 1. The van der Waals surface area contributed by atoms with Crippen LogP contribution >= 0.6 is 15.9 Å². The smallest absolute Gasteiger partial charge is 0.146 e. The fourth-order valence-corrected chi connectivity index (χ4v) is 1.78. The minimum absolute atomic E-state index is 0.134. The number of rotatable bonds is 4. The van der Waals surface area contributed by atoms with Gasteiger partial charge in [-0.05, 0) is 30.3 Å². The van der Waals surface area contributed by atoms with Crippen molar-refractivity contribution in [2.24, 2.45) is 0 Å². The first kappa shape index (κ1) is 12.1. The number of furan rings is 1. The number of benzene rings is 1. The van der Waals surface area contributed by atoms with Gasteiger partial charge in [0.25, 0.3) is 0 Å². The van der Waals surface area contributed by atoms with Gasteiger partial charge in [-0.2, -0.15) is 0 Å². The van der Waals surface area contributed by atoms with Crippen LogP contribution in [0.4, 0.5) is 10.1 Å². The molecule has 1 aromatic carbocycles. The molecule has 0 aliphatic heterocycles. The van der Waals surface area contributed by atoms with Crippen LogP contribution in [-0.2, 0) is 13.2 Å². The fourth-order valence-electron chi connectivity index (χ4n) is 1.42. The first-order valence-corrected chi connectivity index (χ1v) is 5.85. The van der Waals surface area contributed by atoms with Crippen LogP contribution < -0.4 is 5.32 Å². The summed E-state index contributed by atoms with van der Waals surface area (Å²) in [5.41, 5.74) is 0.404. The molecule has 0 amide bonds. The van der Waals surface area contributed by atoms with Crippen molar-refractivity contribution in [1.29, 1.82) is 0 Å². The van der Waals surface area contributed by atoms with Crippen molar-refractivity contribution >= 4 is 21.6 Å². The van der Waals surface area contributed by atoms with E-state index in [1.54, 1.807) is 24.3 Å². The largest absolute Gasteiger partial charge is 0.462 e. The molecule has 90 valence electrons. The molecule has 2 rings (SSSR count). The van der Waals surface area contributed by atoms with E-state index in [0.29, 0.717) is 23.8 Å². The molecule has 17 heavy (non-hydrogen) atoms. The van der Waals surface area contributed by atoms with E-state index in [9.17, 15) is 4.39 Å². The summed E-state index contributed by atoms with van der Waals surface area (Å²) in [6, 6.07) is 8.11. The Morgan fingerprint density at radius 2 is 2.00 bits per heavy atom. The van der Waals surface area contributed by atoms with Crippen LogP contribution in [0.2, 0.25) is 0 Å². The Morgan fingerprint density at radius 3 is 2.71 bits per heavy atom. The first-order valence-electron chi connectivity index (χ1n) is 5.06. The van der Waals surface area contributed by atoms with Gasteiger partial charge in [-0.3, -0.25) is 0 Å². The van der Waals surface area contributed by atoms with Gasteiger partial charge in [-0.25, -0.2) is 4.39 Å². The fraction of sp³-hybridized carbons (Fsp3) is 0.167. The number of aliphatic hydroxyl groups excluding tert-OH is 1. The zero-order valence-corrected chi connectivity index (χ0v) is 10.5. The van der Waals surface area contributed by atoms with Crippen LogP contribution in [0.1, 0.15) is 11.5 Å². The minimum atomic E-state index is -0.317. The topological polar surface area (TPSA) is 45.4 Å². The number of aliphatic hydroxyl groups is 1. The molecular weight excluding hydrogens is 289 g/mol. The molecule has 1 aromatic heterocycles. The number of hydrogen-bond donors (Lipinski definition) is 2. The first-order chi connectivity index (χ1) is 8.19. The second kappa shape index (κ2) is 5.33. The lowest BCUT2D eigenvalue weighted by Gasteiger charge is -2.06. The highest BCUT2D eigenvalue weighted by molar-refractivity contribution is 9.10. The van der Waals surface area contributed by atoms with Crippen molar-refractivity contribution in [3.8, 4) is 0 Å². The Kier molecular flexibility index (Phi) is 3.81. The maximum atomic E-state index is 13.4. The summed E-state index contributed by atoms with van der Waals surface area (Å²) in [5.74, 6) is 0.826. The molecule has 0 aliphatic rings. The van der Waals surface area contributed by atoms with E-state index >= 15 is 0 Å². The molecule has 5 heteroatoms. The lowest BCUT2D eigenvalue weighted by Crippen LogP contribution is -2.00. The van der Waals surface area contributed by atoms with Crippen LogP contribution in [0.5, 0.6) is 0 Å². The molecule has 0 saturated heterocycles. The maximum Gasteiger partial charge on any atom is 0.146 e. The highest BCUT2D eigenvalue weighted by Crippen LogP contribution is 2.21. The van der Waals surface area contributed by atoms with E-state index in [-0.39, 0.29) is 12.4 Å². The number of hydrogen-bond acceptors (Lipinski definition) is 3. The van der Waals surface area contributed by atoms with Gasteiger partial charge in [-0.1, -0.05) is 15.9 Å². The molecule has 0 aliphatic carbocycles. The van der Waals surface area contributed by atoms with Gasteiger partial charge in [0.15, 0.2) is 0 Å². The standard InChI is InChI=1S/C12H11BrFNO2/c13-8-1-4-11(14)12(5-8)15-6-9-2-3-10(7-16)17-9/h1-5,15-16H,6-7H2. The normalized spacial score (nSPS) is 10.5. The van der Waals surface area contributed by atoms with Gasteiger partial charge in [0.2, 0.25) is 0 Å². The molecule has 0 bridgehead atoms. The van der Waals surface area contributed by atoms with Crippen LogP contribution in [0.3, 0.4) is 0 Å². The average Bonchev–Trinajstić information content (AvgIpc) is 2.78. The molecule has 0 saturated carbocycles. The number of anilines is 1. The molecular formula is C12H11BrFNO2. The van der Waals surface area contributed by atoms with Crippen molar-refractivity contribution in [3.63, 3.8) is 0 Å². The molecule has 0 unspecified atom stereocenters. The Labute approximate surface area is 106 Å². The van der Waals surface area contributed by atoms with Gasteiger partial charge in [0.1, 0.15) is 23.9 Å². The molecule has 0 radical (unpaired) electrons. The molecule has 1 heterocycles. The monoisotopic (exact) mass is 299 g/mol. The highest BCUT2D eigenvalue weighted by Gasteiger charge is 2.04. The summed E-state index contributed by atoms with van der Waals surface area (Å²) in [7, 11) is 0. The second-order valence-corrected chi connectivity index (χ2v) is 4.42. The van der Waals surface area contributed by atoms with Crippen LogP contribution in [0, 0.1) is 5.82 Å². The van der Waals surface area contributed by atoms with Gasteiger partial charge in [-0.15, -0.1) is 0 Å². The third-order valence-corrected chi connectivity index (χ3v) is 2.75. The Hall–Kier alpha value is -1.33. The van der Waals surface area contributed by atoms with Crippen molar-refractivity contribution in [2.45, 2.75) is 13.2 Å². The van der Waals surface area contributed by atoms with Crippen molar-refractivity contribution in [2.75, 3.05) is 5.32 Å². The SMILES string of the molecule is OCc1ccc(CNc2cc(Br)ccc2F)o1. The van der Waals surface area contributed by atoms with E-state index in [2.05, 4.69) is 21.2 Å². The van der Waals surface area contributed by atoms with Crippen LogP contribution in [0.25, 0.3) is 0 Å². The second-order valence-electron chi connectivity index (χ2n) is 3.50. The molecule has 2 aromatic rings. The van der Waals surface area contributed by atoms with Crippen molar-refractivity contribution < 1.29 is 13.9 Å². The van der Waals surface area contributed by atoms with Crippen LogP contribution in [-0.4, -0.2) is 5.11 Å². The maximum absolute atomic E-state index is 13.4. The zero-order chi connectivity index (χ0) is 12.3. The molecule has 3 nitrogen and oxygen atoms in total. The van der Waals surface area contributed by atoms with E-state index in [0.717, 1.165) is 4.47 Å². The summed E-state index contributed by atoms with van der Waals surface area (Å²) < 4.78 is 19.5. The lowest BCUT2D eigenvalue weighted by atomic mass is 10.3. The Morgan fingerprint density at radius 1 is 1.24 bits per heavy atom. The van der Waals surface area contributed by atoms with Gasteiger partial charge < -0.3 is 14.8 Å². The molecule has 0 fully saturated rings. The summed E-state index contributed by atoms with van der Waals surface area (Å²) in [4.78, 5) is 0.